The molecule has 2 aromatic carbocycles. The van der Waals surface area contributed by atoms with Crippen molar-refractivity contribution in [3.63, 3.8) is 0 Å². The molecule has 0 saturated heterocycles. The molecule has 0 unspecified atom stereocenters. The molecule has 26 heavy (non-hydrogen) atoms. The Morgan fingerprint density at radius 1 is 1.12 bits per heavy atom. The van der Waals surface area contributed by atoms with E-state index < -0.39 is 0 Å². The maximum Gasteiger partial charge on any atom is 0.252 e. The van der Waals surface area contributed by atoms with Crippen LogP contribution in [0.3, 0.4) is 0 Å². The van der Waals surface area contributed by atoms with Gasteiger partial charge in [0.15, 0.2) is 0 Å². The van der Waals surface area contributed by atoms with Gasteiger partial charge in [-0.05, 0) is 45.3 Å². The van der Waals surface area contributed by atoms with Crippen LogP contribution in [-0.4, -0.2) is 43.0 Å². The number of carbonyl (C=O) groups is 1. The Labute approximate surface area is 158 Å². The van der Waals surface area contributed by atoms with Crippen molar-refractivity contribution in [2.45, 2.75) is 6.42 Å². The summed E-state index contributed by atoms with van der Waals surface area (Å²) in [6.07, 6.45) is 0.902. The second-order valence-corrected chi connectivity index (χ2v) is 6.87. The van der Waals surface area contributed by atoms with Crippen LogP contribution in [0.25, 0.3) is 22.2 Å². The standard InChI is InChI=1S/C21H22ClN3O/c1-25(2)13-7-12-23-21(26)17-14-20(16-9-3-5-10-18(16)22)24-19-11-6-4-8-15(17)19/h3-6,8-11,14H,7,12-13H2,1-2H3,(H,23,26). The molecule has 0 fully saturated rings. The zero-order valence-electron chi connectivity index (χ0n) is 15.0. The minimum absolute atomic E-state index is 0.0874. The number of amides is 1. The second kappa shape index (κ2) is 8.30. The fourth-order valence-electron chi connectivity index (χ4n) is 2.86. The topological polar surface area (TPSA) is 45.2 Å². The van der Waals surface area contributed by atoms with Gasteiger partial charge < -0.3 is 10.2 Å². The third kappa shape index (κ3) is 4.21. The first-order chi connectivity index (χ1) is 12.6. The molecule has 0 aliphatic carbocycles. The van der Waals surface area contributed by atoms with Gasteiger partial charge in [0.25, 0.3) is 5.91 Å². The average molecular weight is 368 g/mol. The second-order valence-electron chi connectivity index (χ2n) is 6.46. The fraction of sp³-hybridized carbons (Fsp3) is 0.238. The summed E-state index contributed by atoms with van der Waals surface area (Å²) in [6.45, 7) is 1.57. The van der Waals surface area contributed by atoms with Gasteiger partial charge in [0, 0.05) is 22.5 Å². The van der Waals surface area contributed by atoms with Crippen LogP contribution in [0.5, 0.6) is 0 Å². The molecule has 1 amide bonds. The van der Waals surface area contributed by atoms with Crippen molar-refractivity contribution in [2.75, 3.05) is 27.2 Å². The van der Waals surface area contributed by atoms with Gasteiger partial charge in [0.2, 0.25) is 0 Å². The SMILES string of the molecule is CN(C)CCCNC(=O)c1cc(-c2ccccc2Cl)nc2ccccc12. The van der Waals surface area contributed by atoms with Gasteiger partial charge in [-0.1, -0.05) is 48.0 Å². The molecule has 1 heterocycles. The van der Waals surface area contributed by atoms with Gasteiger partial charge in [0.1, 0.15) is 0 Å². The molecule has 0 spiro atoms. The molecule has 134 valence electrons. The lowest BCUT2D eigenvalue weighted by atomic mass is 10.0. The predicted molar refractivity (Wildman–Crippen MR) is 108 cm³/mol. The third-order valence-electron chi connectivity index (χ3n) is 4.18. The molecule has 0 aliphatic rings. The molecule has 5 heteroatoms. The van der Waals surface area contributed by atoms with E-state index in [0.29, 0.717) is 22.8 Å². The summed E-state index contributed by atoms with van der Waals surface area (Å²) < 4.78 is 0. The Kier molecular flexibility index (Phi) is 5.86. The number of nitrogens with one attached hydrogen (secondary N) is 1. The van der Waals surface area contributed by atoms with Crippen molar-refractivity contribution >= 4 is 28.4 Å². The van der Waals surface area contributed by atoms with Crippen LogP contribution in [0, 0.1) is 0 Å². The predicted octanol–water partition coefficient (Wildman–Crippen LogP) is 4.24. The molecule has 0 aliphatic heterocycles. The minimum atomic E-state index is -0.0874. The van der Waals surface area contributed by atoms with E-state index in [-0.39, 0.29) is 5.91 Å². The molecule has 0 atom stereocenters. The van der Waals surface area contributed by atoms with E-state index in [4.69, 9.17) is 16.6 Å². The van der Waals surface area contributed by atoms with Gasteiger partial charge in [-0.25, -0.2) is 4.98 Å². The van der Waals surface area contributed by atoms with Crippen LogP contribution >= 0.6 is 11.6 Å². The van der Waals surface area contributed by atoms with Crippen LogP contribution < -0.4 is 5.32 Å². The molecule has 0 bridgehead atoms. The van der Waals surface area contributed by atoms with Crippen LogP contribution in [0.1, 0.15) is 16.8 Å². The monoisotopic (exact) mass is 367 g/mol. The molecular formula is C21H22ClN3O. The zero-order valence-corrected chi connectivity index (χ0v) is 15.8. The number of fused-ring (bicyclic) bond motifs is 1. The van der Waals surface area contributed by atoms with E-state index in [0.717, 1.165) is 29.4 Å². The van der Waals surface area contributed by atoms with Crippen molar-refractivity contribution in [1.29, 1.82) is 0 Å². The number of pyridine rings is 1. The summed E-state index contributed by atoms with van der Waals surface area (Å²) in [4.78, 5) is 19.6. The lowest BCUT2D eigenvalue weighted by Gasteiger charge is -2.12. The fourth-order valence-corrected chi connectivity index (χ4v) is 3.10. The summed E-state index contributed by atoms with van der Waals surface area (Å²) in [5.74, 6) is -0.0874. The highest BCUT2D eigenvalue weighted by Gasteiger charge is 2.14. The Balaban J connectivity index is 1.96. The lowest BCUT2D eigenvalue weighted by molar-refractivity contribution is 0.0954. The lowest BCUT2D eigenvalue weighted by Crippen LogP contribution is -2.27. The van der Waals surface area contributed by atoms with Gasteiger partial charge in [-0.3, -0.25) is 4.79 Å². The Bertz CT molecular complexity index is 924. The first kappa shape index (κ1) is 18.4. The zero-order chi connectivity index (χ0) is 18.5. The number of rotatable bonds is 6. The van der Waals surface area contributed by atoms with E-state index in [1.807, 2.05) is 68.7 Å². The van der Waals surface area contributed by atoms with E-state index >= 15 is 0 Å². The molecule has 0 saturated carbocycles. The first-order valence-electron chi connectivity index (χ1n) is 8.64. The van der Waals surface area contributed by atoms with E-state index in [9.17, 15) is 4.79 Å². The van der Waals surface area contributed by atoms with Gasteiger partial charge >= 0.3 is 0 Å². The number of hydrogen-bond donors (Lipinski definition) is 1. The number of nitrogens with zero attached hydrogens (tertiary/aromatic N) is 2. The summed E-state index contributed by atoms with van der Waals surface area (Å²) in [5.41, 5.74) is 2.92. The van der Waals surface area contributed by atoms with Gasteiger partial charge in [-0.15, -0.1) is 0 Å². The molecule has 3 rings (SSSR count). The Hall–Kier alpha value is -2.43. The maximum atomic E-state index is 12.8. The Morgan fingerprint density at radius 2 is 1.85 bits per heavy atom. The number of para-hydroxylation sites is 1. The van der Waals surface area contributed by atoms with Crippen molar-refractivity contribution in [3.8, 4) is 11.3 Å². The summed E-state index contributed by atoms with van der Waals surface area (Å²) in [7, 11) is 4.04. The minimum Gasteiger partial charge on any atom is -0.352 e. The van der Waals surface area contributed by atoms with E-state index in [2.05, 4.69) is 10.2 Å². The number of benzene rings is 2. The average Bonchev–Trinajstić information content (AvgIpc) is 2.64. The van der Waals surface area contributed by atoms with Crippen LogP contribution in [0.4, 0.5) is 0 Å². The van der Waals surface area contributed by atoms with E-state index in [1.165, 1.54) is 0 Å². The van der Waals surface area contributed by atoms with E-state index in [1.54, 1.807) is 0 Å². The quantitative estimate of drug-likeness (QED) is 0.663. The smallest absolute Gasteiger partial charge is 0.252 e. The highest BCUT2D eigenvalue weighted by atomic mass is 35.5. The van der Waals surface area contributed by atoms with Crippen LogP contribution in [-0.2, 0) is 0 Å². The van der Waals surface area contributed by atoms with Crippen molar-refractivity contribution in [3.05, 3.63) is 65.2 Å². The highest BCUT2D eigenvalue weighted by Crippen LogP contribution is 2.29. The maximum absolute atomic E-state index is 12.8. The largest absolute Gasteiger partial charge is 0.352 e. The molecule has 1 aromatic heterocycles. The highest BCUT2D eigenvalue weighted by molar-refractivity contribution is 6.33. The number of hydrogen-bond acceptors (Lipinski definition) is 3. The summed E-state index contributed by atoms with van der Waals surface area (Å²) in [5, 5.41) is 4.47. The Morgan fingerprint density at radius 3 is 2.62 bits per heavy atom. The molecular weight excluding hydrogens is 346 g/mol. The molecule has 0 radical (unpaired) electrons. The van der Waals surface area contributed by atoms with Gasteiger partial charge in [0.05, 0.1) is 16.8 Å². The number of aromatic nitrogens is 1. The molecule has 3 aromatic rings. The van der Waals surface area contributed by atoms with Crippen LogP contribution in [0.2, 0.25) is 5.02 Å². The molecule has 4 nitrogen and oxygen atoms in total. The normalized spacial score (nSPS) is 11.1. The first-order valence-corrected chi connectivity index (χ1v) is 9.01. The van der Waals surface area contributed by atoms with Crippen molar-refractivity contribution in [2.24, 2.45) is 0 Å². The third-order valence-corrected chi connectivity index (χ3v) is 4.51. The van der Waals surface area contributed by atoms with Crippen molar-refractivity contribution < 1.29 is 4.79 Å². The molecule has 1 N–H and O–H groups in total. The summed E-state index contributed by atoms with van der Waals surface area (Å²) in [6, 6.07) is 17.0. The number of carbonyl (C=O) groups excluding carboxylic acids is 1. The summed E-state index contributed by atoms with van der Waals surface area (Å²) >= 11 is 6.33. The number of halogens is 1. The van der Waals surface area contributed by atoms with Crippen molar-refractivity contribution in [1.82, 2.24) is 15.2 Å². The van der Waals surface area contributed by atoms with Gasteiger partial charge in [-0.2, -0.15) is 0 Å². The van der Waals surface area contributed by atoms with Crippen LogP contribution in [0.15, 0.2) is 54.6 Å².